The van der Waals surface area contributed by atoms with Crippen LogP contribution in [0.3, 0.4) is 0 Å². The number of hydrogen-bond acceptors (Lipinski definition) is 3. The van der Waals surface area contributed by atoms with Crippen LogP contribution in [0.5, 0.6) is 0 Å². The molecule has 0 saturated heterocycles. The van der Waals surface area contributed by atoms with Crippen molar-refractivity contribution >= 4 is 29.4 Å². The van der Waals surface area contributed by atoms with Crippen molar-refractivity contribution in [3.63, 3.8) is 0 Å². The number of carbonyl (C=O) groups excluding carboxylic acids is 1. The fourth-order valence-corrected chi connectivity index (χ4v) is 4.76. The van der Waals surface area contributed by atoms with Crippen molar-refractivity contribution in [3.8, 4) is 0 Å². The monoisotopic (exact) mass is 337 g/mol. The van der Waals surface area contributed by atoms with Crippen LogP contribution >= 0.6 is 23.5 Å². The van der Waals surface area contributed by atoms with E-state index in [4.69, 9.17) is 0 Å². The van der Waals surface area contributed by atoms with Crippen LogP contribution in [0.15, 0.2) is 29.2 Å². The molecule has 1 amide bonds. The van der Waals surface area contributed by atoms with Gasteiger partial charge in [0, 0.05) is 22.4 Å². The third kappa shape index (κ3) is 6.25. The van der Waals surface area contributed by atoms with Crippen molar-refractivity contribution in [2.75, 3.05) is 12.3 Å². The van der Waals surface area contributed by atoms with Gasteiger partial charge in [-0.05, 0) is 38.8 Å². The molecule has 0 radical (unpaired) electrons. The Kier molecular flexibility index (Phi) is 7.67. The van der Waals surface area contributed by atoms with E-state index in [1.807, 2.05) is 18.7 Å². The minimum Gasteiger partial charge on any atom is -0.354 e. The van der Waals surface area contributed by atoms with Gasteiger partial charge in [-0.2, -0.15) is 11.8 Å². The fourth-order valence-electron chi connectivity index (χ4n) is 2.65. The summed E-state index contributed by atoms with van der Waals surface area (Å²) in [6.07, 6.45) is 6.89. The average Bonchev–Trinajstić information content (AvgIpc) is 2.54. The van der Waals surface area contributed by atoms with Crippen LogP contribution in [0.4, 0.5) is 0 Å². The molecule has 1 N–H and O–H groups in total. The standard InChI is InChI=1S/C18H27NOS2/c1-14-8-10-17(11-9-14)22-15(2)18(20)19-12-13-21-16-6-4-3-5-7-16/h8-11,15-16H,3-7,12-13H2,1-2H3,(H,19,20)/t15-/m0/s1. The predicted molar refractivity (Wildman–Crippen MR) is 98.8 cm³/mol. The van der Waals surface area contributed by atoms with Gasteiger partial charge in [-0.25, -0.2) is 0 Å². The first-order valence-corrected chi connectivity index (χ1v) is 10.2. The first kappa shape index (κ1) is 17.7. The van der Waals surface area contributed by atoms with Crippen LogP contribution in [0.25, 0.3) is 0 Å². The predicted octanol–water partition coefficient (Wildman–Crippen LogP) is 4.66. The molecule has 0 bridgehead atoms. The van der Waals surface area contributed by atoms with Crippen LogP contribution < -0.4 is 5.32 Å². The number of hydrogen-bond donors (Lipinski definition) is 1. The van der Waals surface area contributed by atoms with Gasteiger partial charge in [-0.3, -0.25) is 4.79 Å². The maximum absolute atomic E-state index is 12.1. The van der Waals surface area contributed by atoms with Gasteiger partial charge in [-0.15, -0.1) is 11.8 Å². The number of amides is 1. The molecule has 0 aromatic heterocycles. The summed E-state index contributed by atoms with van der Waals surface area (Å²) in [5, 5.41) is 3.86. The second-order valence-electron chi connectivity index (χ2n) is 5.99. The van der Waals surface area contributed by atoms with Crippen LogP contribution in [0.1, 0.15) is 44.6 Å². The number of benzene rings is 1. The lowest BCUT2D eigenvalue weighted by Crippen LogP contribution is -2.32. The lowest BCUT2D eigenvalue weighted by molar-refractivity contribution is -0.120. The summed E-state index contributed by atoms with van der Waals surface area (Å²) in [6.45, 7) is 4.85. The van der Waals surface area contributed by atoms with Crippen molar-refractivity contribution in [3.05, 3.63) is 29.8 Å². The highest BCUT2D eigenvalue weighted by Crippen LogP contribution is 2.28. The van der Waals surface area contributed by atoms with Crippen LogP contribution in [0.2, 0.25) is 0 Å². The molecule has 4 heteroatoms. The Balaban J connectivity index is 1.62. The summed E-state index contributed by atoms with van der Waals surface area (Å²) < 4.78 is 0. The van der Waals surface area contributed by atoms with Gasteiger partial charge in [0.2, 0.25) is 5.91 Å². The average molecular weight is 338 g/mol. The largest absolute Gasteiger partial charge is 0.354 e. The van der Waals surface area contributed by atoms with Gasteiger partial charge < -0.3 is 5.32 Å². The highest BCUT2D eigenvalue weighted by Gasteiger charge is 2.15. The Morgan fingerprint density at radius 2 is 1.91 bits per heavy atom. The molecule has 22 heavy (non-hydrogen) atoms. The smallest absolute Gasteiger partial charge is 0.233 e. The molecular formula is C18H27NOS2. The van der Waals surface area contributed by atoms with E-state index >= 15 is 0 Å². The van der Waals surface area contributed by atoms with E-state index in [1.165, 1.54) is 37.7 Å². The Morgan fingerprint density at radius 3 is 2.59 bits per heavy atom. The highest BCUT2D eigenvalue weighted by molar-refractivity contribution is 8.00. The lowest BCUT2D eigenvalue weighted by atomic mass is 10.0. The summed E-state index contributed by atoms with van der Waals surface area (Å²) in [7, 11) is 0. The molecule has 1 saturated carbocycles. The molecule has 2 rings (SSSR count). The summed E-state index contributed by atoms with van der Waals surface area (Å²) in [5.74, 6) is 1.19. The Bertz CT molecular complexity index is 455. The number of rotatable bonds is 7. The summed E-state index contributed by atoms with van der Waals surface area (Å²) in [4.78, 5) is 13.3. The van der Waals surface area contributed by atoms with Crippen molar-refractivity contribution in [2.24, 2.45) is 0 Å². The molecular weight excluding hydrogens is 310 g/mol. The molecule has 0 aliphatic heterocycles. The third-order valence-corrected chi connectivity index (χ3v) is 6.50. The topological polar surface area (TPSA) is 29.1 Å². The zero-order chi connectivity index (χ0) is 15.8. The maximum atomic E-state index is 12.1. The number of carbonyl (C=O) groups is 1. The van der Waals surface area contributed by atoms with Gasteiger partial charge in [0.1, 0.15) is 0 Å². The zero-order valence-corrected chi connectivity index (χ0v) is 15.3. The van der Waals surface area contributed by atoms with Crippen molar-refractivity contribution in [1.82, 2.24) is 5.32 Å². The molecule has 0 spiro atoms. The zero-order valence-electron chi connectivity index (χ0n) is 13.6. The molecule has 122 valence electrons. The molecule has 1 aromatic rings. The summed E-state index contributed by atoms with van der Waals surface area (Å²) >= 11 is 3.66. The molecule has 1 aliphatic rings. The Morgan fingerprint density at radius 1 is 1.23 bits per heavy atom. The summed E-state index contributed by atoms with van der Waals surface area (Å²) in [5.41, 5.74) is 1.25. The molecule has 1 atom stereocenters. The van der Waals surface area contributed by atoms with Crippen molar-refractivity contribution in [1.29, 1.82) is 0 Å². The Labute approximate surface area is 143 Å². The van der Waals surface area contributed by atoms with Gasteiger partial charge >= 0.3 is 0 Å². The molecule has 1 aliphatic carbocycles. The Hall–Kier alpha value is -0.610. The van der Waals surface area contributed by atoms with E-state index in [0.29, 0.717) is 0 Å². The van der Waals surface area contributed by atoms with Gasteiger partial charge in [0.15, 0.2) is 0 Å². The third-order valence-electron chi connectivity index (χ3n) is 4.01. The molecule has 0 unspecified atom stereocenters. The van der Waals surface area contributed by atoms with E-state index in [1.54, 1.807) is 11.8 Å². The molecule has 2 nitrogen and oxygen atoms in total. The van der Waals surface area contributed by atoms with E-state index in [0.717, 1.165) is 22.4 Å². The quantitative estimate of drug-likeness (QED) is 0.579. The molecule has 1 fully saturated rings. The van der Waals surface area contributed by atoms with E-state index in [-0.39, 0.29) is 11.2 Å². The fraction of sp³-hybridized carbons (Fsp3) is 0.611. The number of aryl methyl sites for hydroxylation is 1. The lowest BCUT2D eigenvalue weighted by Gasteiger charge is -2.21. The van der Waals surface area contributed by atoms with E-state index in [9.17, 15) is 4.79 Å². The van der Waals surface area contributed by atoms with Gasteiger partial charge in [-0.1, -0.05) is 37.0 Å². The van der Waals surface area contributed by atoms with Gasteiger partial charge in [0.25, 0.3) is 0 Å². The molecule has 1 aromatic carbocycles. The van der Waals surface area contributed by atoms with E-state index in [2.05, 4.69) is 36.5 Å². The number of nitrogens with one attached hydrogen (secondary N) is 1. The van der Waals surface area contributed by atoms with Crippen molar-refractivity contribution < 1.29 is 4.79 Å². The molecule has 0 heterocycles. The minimum absolute atomic E-state index is 0.0395. The van der Waals surface area contributed by atoms with Crippen LogP contribution in [0, 0.1) is 6.92 Å². The second kappa shape index (κ2) is 9.51. The normalized spacial score (nSPS) is 17.2. The highest BCUT2D eigenvalue weighted by atomic mass is 32.2. The van der Waals surface area contributed by atoms with Gasteiger partial charge in [0.05, 0.1) is 5.25 Å². The van der Waals surface area contributed by atoms with Crippen LogP contribution in [-0.4, -0.2) is 28.7 Å². The van der Waals surface area contributed by atoms with Crippen molar-refractivity contribution in [2.45, 2.75) is 61.3 Å². The minimum atomic E-state index is -0.0395. The van der Waals surface area contributed by atoms with Crippen LogP contribution in [-0.2, 0) is 4.79 Å². The summed E-state index contributed by atoms with van der Waals surface area (Å²) in [6, 6.07) is 8.35. The second-order valence-corrected chi connectivity index (χ2v) is 8.82. The maximum Gasteiger partial charge on any atom is 0.233 e. The SMILES string of the molecule is Cc1ccc(S[C@@H](C)C(=O)NCCSC2CCCCC2)cc1. The number of thioether (sulfide) groups is 2. The first-order valence-electron chi connectivity index (χ1n) is 8.28. The van der Waals surface area contributed by atoms with E-state index < -0.39 is 0 Å². The first-order chi connectivity index (χ1) is 10.6.